The van der Waals surface area contributed by atoms with Crippen LogP contribution in [-0.4, -0.2) is 56.4 Å². The summed E-state index contributed by atoms with van der Waals surface area (Å²) in [5.41, 5.74) is 5.48. The lowest BCUT2D eigenvalue weighted by molar-refractivity contribution is -0.142. The number of nitrogens with zero attached hydrogens (tertiary/aromatic N) is 1. The standard InChI is InChI=1S/C10H18N2O3/c1-2-4-14-8-10(13)12-3-5-15-9(6-11)7-12/h2,9H,1,3-8,11H2. The van der Waals surface area contributed by atoms with Gasteiger partial charge in [-0.1, -0.05) is 6.08 Å². The van der Waals surface area contributed by atoms with Crippen LogP contribution in [0.25, 0.3) is 0 Å². The number of hydrogen-bond donors (Lipinski definition) is 1. The van der Waals surface area contributed by atoms with Gasteiger partial charge in [-0.2, -0.15) is 0 Å². The Morgan fingerprint density at radius 1 is 1.73 bits per heavy atom. The average Bonchev–Trinajstić information content (AvgIpc) is 2.29. The molecule has 86 valence electrons. The van der Waals surface area contributed by atoms with E-state index in [1.807, 2.05) is 0 Å². The van der Waals surface area contributed by atoms with Gasteiger partial charge in [0.2, 0.25) is 5.91 Å². The van der Waals surface area contributed by atoms with E-state index in [-0.39, 0.29) is 18.6 Å². The lowest BCUT2D eigenvalue weighted by atomic mass is 10.2. The van der Waals surface area contributed by atoms with E-state index in [4.69, 9.17) is 15.2 Å². The minimum absolute atomic E-state index is 0.0152. The predicted octanol–water partition coefficient (Wildman–Crippen LogP) is -0.625. The predicted molar refractivity (Wildman–Crippen MR) is 56.4 cm³/mol. The first-order valence-electron chi connectivity index (χ1n) is 5.06. The van der Waals surface area contributed by atoms with Crippen LogP contribution in [0.15, 0.2) is 12.7 Å². The fourth-order valence-corrected chi connectivity index (χ4v) is 1.41. The molecule has 1 amide bonds. The molecule has 0 saturated carbocycles. The van der Waals surface area contributed by atoms with Crippen LogP contribution in [0.4, 0.5) is 0 Å². The lowest BCUT2D eigenvalue weighted by Crippen LogP contribution is -2.49. The third-order valence-electron chi connectivity index (χ3n) is 2.22. The molecule has 5 heteroatoms. The van der Waals surface area contributed by atoms with Crippen molar-refractivity contribution in [2.24, 2.45) is 5.73 Å². The highest BCUT2D eigenvalue weighted by molar-refractivity contribution is 5.77. The fraction of sp³-hybridized carbons (Fsp3) is 0.700. The van der Waals surface area contributed by atoms with E-state index in [1.165, 1.54) is 0 Å². The molecule has 0 spiro atoms. The number of ether oxygens (including phenoxy) is 2. The molecule has 0 aromatic rings. The van der Waals surface area contributed by atoms with Crippen molar-refractivity contribution in [1.29, 1.82) is 0 Å². The van der Waals surface area contributed by atoms with E-state index in [9.17, 15) is 4.79 Å². The van der Waals surface area contributed by atoms with Crippen LogP contribution in [0.1, 0.15) is 0 Å². The molecule has 0 aromatic heterocycles. The van der Waals surface area contributed by atoms with E-state index in [2.05, 4.69) is 6.58 Å². The number of carbonyl (C=O) groups excluding carboxylic acids is 1. The normalized spacial score (nSPS) is 21.4. The molecule has 1 rings (SSSR count). The number of amides is 1. The Morgan fingerprint density at radius 2 is 2.53 bits per heavy atom. The molecular formula is C10H18N2O3. The first-order chi connectivity index (χ1) is 7.27. The summed E-state index contributed by atoms with van der Waals surface area (Å²) in [7, 11) is 0. The second kappa shape index (κ2) is 6.55. The van der Waals surface area contributed by atoms with Crippen molar-refractivity contribution in [2.45, 2.75) is 6.10 Å². The molecule has 0 aliphatic carbocycles. The number of morpholine rings is 1. The SMILES string of the molecule is C=CCOCC(=O)N1CCOC(CN)C1. The molecule has 1 aliphatic heterocycles. The smallest absolute Gasteiger partial charge is 0.248 e. The topological polar surface area (TPSA) is 64.8 Å². The molecule has 15 heavy (non-hydrogen) atoms. The van der Waals surface area contributed by atoms with Gasteiger partial charge in [0.1, 0.15) is 6.61 Å². The molecule has 1 aliphatic rings. The van der Waals surface area contributed by atoms with Crippen LogP contribution in [0.2, 0.25) is 0 Å². The van der Waals surface area contributed by atoms with Crippen LogP contribution in [-0.2, 0) is 14.3 Å². The summed E-state index contributed by atoms with van der Waals surface area (Å²) in [5, 5.41) is 0. The third kappa shape index (κ3) is 3.99. The van der Waals surface area contributed by atoms with Gasteiger partial charge in [-0.3, -0.25) is 4.79 Å². The van der Waals surface area contributed by atoms with Gasteiger partial charge in [0.15, 0.2) is 0 Å². The number of carbonyl (C=O) groups is 1. The molecule has 0 aromatic carbocycles. The van der Waals surface area contributed by atoms with Gasteiger partial charge < -0.3 is 20.1 Å². The molecule has 1 fully saturated rings. The summed E-state index contributed by atoms with van der Waals surface area (Å²) in [6.45, 7) is 6.18. The maximum absolute atomic E-state index is 11.6. The fourth-order valence-electron chi connectivity index (χ4n) is 1.41. The molecule has 0 bridgehead atoms. The Kier molecular flexibility index (Phi) is 5.31. The zero-order chi connectivity index (χ0) is 11.1. The number of nitrogens with two attached hydrogens (primary N) is 1. The van der Waals surface area contributed by atoms with E-state index in [0.717, 1.165) is 0 Å². The van der Waals surface area contributed by atoms with Crippen molar-refractivity contribution >= 4 is 5.91 Å². The van der Waals surface area contributed by atoms with Crippen molar-refractivity contribution in [3.63, 3.8) is 0 Å². The van der Waals surface area contributed by atoms with Crippen molar-refractivity contribution in [2.75, 3.05) is 39.5 Å². The van der Waals surface area contributed by atoms with Gasteiger partial charge in [-0.15, -0.1) is 6.58 Å². The van der Waals surface area contributed by atoms with Gasteiger partial charge in [-0.05, 0) is 0 Å². The zero-order valence-corrected chi connectivity index (χ0v) is 8.85. The highest BCUT2D eigenvalue weighted by atomic mass is 16.5. The first-order valence-corrected chi connectivity index (χ1v) is 5.06. The van der Waals surface area contributed by atoms with E-state index in [1.54, 1.807) is 11.0 Å². The summed E-state index contributed by atoms with van der Waals surface area (Å²) in [6.07, 6.45) is 1.58. The molecule has 1 unspecified atom stereocenters. The van der Waals surface area contributed by atoms with Gasteiger partial charge in [0, 0.05) is 19.6 Å². The van der Waals surface area contributed by atoms with Crippen molar-refractivity contribution < 1.29 is 14.3 Å². The quantitative estimate of drug-likeness (QED) is 0.489. The average molecular weight is 214 g/mol. The van der Waals surface area contributed by atoms with E-state index in [0.29, 0.717) is 32.8 Å². The molecule has 0 radical (unpaired) electrons. The summed E-state index contributed by atoms with van der Waals surface area (Å²) < 4.78 is 10.4. The maximum Gasteiger partial charge on any atom is 0.248 e. The first kappa shape index (κ1) is 12.2. The molecule has 1 saturated heterocycles. The maximum atomic E-state index is 11.6. The minimum Gasteiger partial charge on any atom is -0.373 e. The Hall–Kier alpha value is -0.910. The van der Waals surface area contributed by atoms with Gasteiger partial charge in [-0.25, -0.2) is 0 Å². The Labute approximate surface area is 89.8 Å². The zero-order valence-electron chi connectivity index (χ0n) is 8.85. The number of rotatable bonds is 5. The van der Waals surface area contributed by atoms with Crippen molar-refractivity contribution in [3.8, 4) is 0 Å². The highest BCUT2D eigenvalue weighted by Crippen LogP contribution is 2.04. The number of hydrogen-bond acceptors (Lipinski definition) is 4. The van der Waals surface area contributed by atoms with E-state index >= 15 is 0 Å². The van der Waals surface area contributed by atoms with Crippen LogP contribution >= 0.6 is 0 Å². The molecule has 1 atom stereocenters. The lowest BCUT2D eigenvalue weighted by Gasteiger charge is -2.32. The molecule has 1 heterocycles. The summed E-state index contributed by atoms with van der Waals surface area (Å²) in [5.74, 6) is -0.0152. The largest absolute Gasteiger partial charge is 0.373 e. The Balaban J connectivity index is 2.28. The summed E-state index contributed by atoms with van der Waals surface area (Å²) in [6, 6.07) is 0. The van der Waals surface area contributed by atoms with Crippen LogP contribution in [0.5, 0.6) is 0 Å². The van der Waals surface area contributed by atoms with Gasteiger partial charge >= 0.3 is 0 Å². The molecule has 2 N–H and O–H groups in total. The highest BCUT2D eigenvalue weighted by Gasteiger charge is 2.22. The Morgan fingerprint density at radius 3 is 3.20 bits per heavy atom. The monoisotopic (exact) mass is 214 g/mol. The van der Waals surface area contributed by atoms with Crippen LogP contribution in [0, 0.1) is 0 Å². The van der Waals surface area contributed by atoms with Crippen LogP contribution in [0.3, 0.4) is 0 Å². The molecular weight excluding hydrogens is 196 g/mol. The van der Waals surface area contributed by atoms with Crippen molar-refractivity contribution in [1.82, 2.24) is 4.90 Å². The second-order valence-corrected chi connectivity index (χ2v) is 3.37. The van der Waals surface area contributed by atoms with E-state index < -0.39 is 0 Å². The minimum atomic E-state index is -0.0397. The van der Waals surface area contributed by atoms with Crippen molar-refractivity contribution in [3.05, 3.63) is 12.7 Å². The molecule has 5 nitrogen and oxygen atoms in total. The second-order valence-electron chi connectivity index (χ2n) is 3.37. The Bertz CT molecular complexity index is 221. The summed E-state index contributed by atoms with van der Waals surface area (Å²) in [4.78, 5) is 13.3. The summed E-state index contributed by atoms with van der Waals surface area (Å²) >= 11 is 0. The van der Waals surface area contributed by atoms with Crippen LogP contribution < -0.4 is 5.73 Å². The third-order valence-corrected chi connectivity index (χ3v) is 2.22. The van der Waals surface area contributed by atoms with Gasteiger partial charge in [0.05, 0.1) is 19.3 Å². The van der Waals surface area contributed by atoms with Gasteiger partial charge in [0.25, 0.3) is 0 Å².